The maximum atomic E-state index is 13.7. The van der Waals surface area contributed by atoms with Crippen molar-refractivity contribution in [1.29, 1.82) is 0 Å². The van der Waals surface area contributed by atoms with Gasteiger partial charge in [-0.15, -0.1) is 0 Å². The zero-order chi connectivity index (χ0) is 41.8. The van der Waals surface area contributed by atoms with Crippen LogP contribution < -0.4 is 10.6 Å². The summed E-state index contributed by atoms with van der Waals surface area (Å²) in [5.74, 6) is 0.281. The molecule has 0 aliphatic carbocycles. The van der Waals surface area contributed by atoms with Gasteiger partial charge in [-0.25, -0.2) is 14.6 Å². The lowest BCUT2D eigenvalue weighted by Crippen LogP contribution is -2.54. The molecule has 0 unspecified atom stereocenters. The zero-order valence-electron chi connectivity index (χ0n) is 34.4. The van der Waals surface area contributed by atoms with Crippen LogP contribution in [0, 0.1) is 5.92 Å². The quantitative estimate of drug-likeness (QED) is 0.101. The molecule has 0 saturated carbocycles. The SMILES string of the molecule is COC(=O)N[C@H](C(=O)N1CCC[C@H]1c1ncc(-c2ccc3cc(-c4ccc(-c5ccc([C@@H]6CCCN6C(=O)[C@@H](NC(=O)OC)[C@@H](C)OC)[nH]5)cc4)ccc3c2)[nH]1)C(C)C. The van der Waals surface area contributed by atoms with Gasteiger partial charge in [-0.1, -0.05) is 62.4 Å². The van der Waals surface area contributed by atoms with E-state index in [-0.39, 0.29) is 29.8 Å². The van der Waals surface area contributed by atoms with Gasteiger partial charge in [-0.2, -0.15) is 0 Å². The largest absolute Gasteiger partial charge is 0.453 e. The van der Waals surface area contributed by atoms with Crippen LogP contribution in [0.1, 0.15) is 70.1 Å². The third-order valence-corrected chi connectivity index (χ3v) is 11.7. The number of amides is 4. The molecule has 7 rings (SSSR count). The van der Waals surface area contributed by atoms with Crippen molar-refractivity contribution in [3.8, 4) is 33.6 Å². The van der Waals surface area contributed by atoms with E-state index in [4.69, 9.17) is 19.2 Å². The molecule has 0 spiro atoms. The number of likely N-dealkylation sites (tertiary alicyclic amines) is 2. The molecule has 2 aliphatic rings. The van der Waals surface area contributed by atoms with Crippen LogP contribution in [0.3, 0.4) is 0 Å². The molecular weight excluding hydrogens is 751 g/mol. The first-order valence-corrected chi connectivity index (χ1v) is 20.2. The van der Waals surface area contributed by atoms with Gasteiger partial charge in [0.05, 0.1) is 44.3 Å². The molecule has 310 valence electrons. The number of carbonyl (C=O) groups is 4. The third-order valence-electron chi connectivity index (χ3n) is 11.7. The molecule has 2 fully saturated rings. The monoisotopic (exact) mass is 803 g/mol. The van der Waals surface area contributed by atoms with Gasteiger partial charge in [-0.3, -0.25) is 9.59 Å². The first kappa shape index (κ1) is 41.0. The molecule has 4 N–H and O–H groups in total. The Morgan fingerprint density at radius 1 is 0.661 bits per heavy atom. The normalized spacial score (nSPS) is 18.2. The van der Waals surface area contributed by atoms with Crippen LogP contribution in [-0.4, -0.2) is 101 Å². The second-order valence-electron chi connectivity index (χ2n) is 15.7. The van der Waals surface area contributed by atoms with Crippen molar-refractivity contribution in [3.05, 3.63) is 90.5 Å². The van der Waals surface area contributed by atoms with E-state index in [0.29, 0.717) is 13.1 Å². The van der Waals surface area contributed by atoms with Gasteiger partial charge in [0, 0.05) is 37.2 Å². The lowest BCUT2D eigenvalue weighted by molar-refractivity contribution is -0.137. The van der Waals surface area contributed by atoms with Gasteiger partial charge >= 0.3 is 12.2 Å². The number of fused-ring (bicyclic) bond motifs is 1. The summed E-state index contributed by atoms with van der Waals surface area (Å²) in [7, 11) is 4.08. The summed E-state index contributed by atoms with van der Waals surface area (Å²) in [6, 6.07) is 23.4. The number of imidazole rings is 1. The second-order valence-corrected chi connectivity index (χ2v) is 15.7. The summed E-state index contributed by atoms with van der Waals surface area (Å²) in [6.07, 6.45) is 3.28. The van der Waals surface area contributed by atoms with Crippen LogP contribution in [0.2, 0.25) is 0 Å². The van der Waals surface area contributed by atoms with Crippen LogP contribution in [0.15, 0.2) is 79.0 Å². The minimum Gasteiger partial charge on any atom is -0.453 e. The maximum Gasteiger partial charge on any atom is 0.407 e. The summed E-state index contributed by atoms with van der Waals surface area (Å²) >= 11 is 0. The van der Waals surface area contributed by atoms with E-state index in [2.05, 4.69) is 81.3 Å². The Bertz CT molecular complexity index is 2300. The number of benzene rings is 3. The molecule has 14 nitrogen and oxygen atoms in total. The standard InChI is InChI=1S/C45H53N7O7/c1-26(2)39(49-44(55)58-5)42(53)52-22-8-10-38(52)41-46-25-36(48-41)33-18-17-31-23-30(15-16-32(31)24-33)28-11-13-29(14-12-28)34-19-20-35(47-34)37-9-7-21-51(37)43(54)40(27(3)57-4)50-45(56)59-6/h11-20,23-27,37-40,47H,7-10,21-22H2,1-6H3,(H,46,48)(H,49,55)(H,50,56)/t27-,37+,38+,39+,40+/m1/s1. The molecular formula is C45H53N7O7. The molecule has 4 amide bonds. The first-order valence-electron chi connectivity index (χ1n) is 20.2. The first-order chi connectivity index (χ1) is 28.5. The lowest BCUT2D eigenvalue weighted by atomic mass is 9.98. The van der Waals surface area contributed by atoms with Crippen LogP contribution in [0.5, 0.6) is 0 Å². The Balaban J connectivity index is 1.02. The number of alkyl carbamates (subject to hydrolysis) is 2. The highest BCUT2D eigenvalue weighted by atomic mass is 16.5. The lowest BCUT2D eigenvalue weighted by Gasteiger charge is -2.31. The minimum atomic E-state index is -0.867. The molecule has 5 aromatic rings. The fraction of sp³-hybridized carbons (Fsp3) is 0.400. The van der Waals surface area contributed by atoms with Crippen molar-refractivity contribution >= 4 is 34.8 Å². The molecule has 2 aromatic heterocycles. The number of rotatable bonds is 12. The van der Waals surface area contributed by atoms with Crippen molar-refractivity contribution in [3.63, 3.8) is 0 Å². The van der Waals surface area contributed by atoms with Crippen molar-refractivity contribution in [2.24, 2.45) is 5.92 Å². The van der Waals surface area contributed by atoms with Crippen LogP contribution in [0.25, 0.3) is 44.4 Å². The smallest absolute Gasteiger partial charge is 0.407 e. The maximum absolute atomic E-state index is 13.7. The average molecular weight is 804 g/mol. The number of nitrogens with one attached hydrogen (secondary N) is 4. The highest BCUT2D eigenvalue weighted by Crippen LogP contribution is 2.36. The number of nitrogens with zero attached hydrogens (tertiary/aromatic N) is 3. The van der Waals surface area contributed by atoms with Gasteiger partial charge < -0.3 is 44.6 Å². The van der Waals surface area contributed by atoms with Crippen LogP contribution >= 0.6 is 0 Å². The summed E-state index contributed by atoms with van der Waals surface area (Å²) in [6.45, 7) is 6.74. The van der Waals surface area contributed by atoms with E-state index in [1.165, 1.54) is 21.3 Å². The molecule has 14 heteroatoms. The minimum absolute atomic E-state index is 0.106. The van der Waals surface area contributed by atoms with E-state index in [0.717, 1.165) is 81.6 Å². The fourth-order valence-electron chi connectivity index (χ4n) is 8.29. The number of H-pyrrole nitrogens is 2. The van der Waals surface area contributed by atoms with Crippen LogP contribution in [0.4, 0.5) is 9.59 Å². The number of aromatic amines is 2. The van der Waals surface area contributed by atoms with E-state index in [1.54, 1.807) is 6.92 Å². The number of hydrogen-bond acceptors (Lipinski definition) is 8. The van der Waals surface area contributed by atoms with Crippen molar-refractivity contribution in [1.82, 2.24) is 35.4 Å². The van der Waals surface area contributed by atoms with Gasteiger partial charge in [-0.05, 0) is 90.3 Å². The topological polar surface area (TPSA) is 171 Å². The molecule has 2 saturated heterocycles. The van der Waals surface area contributed by atoms with Gasteiger partial charge in [0.25, 0.3) is 0 Å². The predicted octanol–water partition coefficient (Wildman–Crippen LogP) is 7.36. The molecule has 0 radical (unpaired) electrons. The Morgan fingerprint density at radius 2 is 1.22 bits per heavy atom. The number of methoxy groups -OCH3 is 3. The number of hydrogen-bond donors (Lipinski definition) is 4. The summed E-state index contributed by atoms with van der Waals surface area (Å²) < 4.78 is 15.0. The summed E-state index contributed by atoms with van der Waals surface area (Å²) in [5, 5.41) is 7.55. The van der Waals surface area contributed by atoms with Crippen molar-refractivity contribution < 1.29 is 33.4 Å². The Kier molecular flexibility index (Phi) is 12.4. The van der Waals surface area contributed by atoms with Gasteiger partial charge in [0.2, 0.25) is 11.8 Å². The van der Waals surface area contributed by atoms with E-state index in [1.807, 2.05) is 42.0 Å². The highest BCUT2D eigenvalue weighted by molar-refractivity contribution is 5.91. The molecule has 5 atom stereocenters. The number of ether oxygens (including phenoxy) is 3. The molecule has 0 bridgehead atoms. The molecule has 59 heavy (non-hydrogen) atoms. The van der Waals surface area contributed by atoms with Crippen LogP contribution in [-0.2, 0) is 23.8 Å². The number of carbonyl (C=O) groups excluding carboxylic acids is 4. The van der Waals surface area contributed by atoms with E-state index in [9.17, 15) is 19.2 Å². The van der Waals surface area contributed by atoms with Crippen molar-refractivity contribution in [2.45, 2.75) is 76.7 Å². The number of aromatic nitrogens is 3. The molecule has 4 heterocycles. The Morgan fingerprint density at radius 3 is 1.86 bits per heavy atom. The van der Waals surface area contributed by atoms with E-state index >= 15 is 0 Å². The fourth-order valence-corrected chi connectivity index (χ4v) is 8.29. The molecule has 3 aromatic carbocycles. The second kappa shape index (κ2) is 17.8. The summed E-state index contributed by atoms with van der Waals surface area (Å²) in [4.78, 5) is 66.6. The van der Waals surface area contributed by atoms with Gasteiger partial charge in [0.15, 0.2) is 0 Å². The third kappa shape index (κ3) is 8.68. The Hall–Kier alpha value is -6.15. The van der Waals surface area contributed by atoms with E-state index < -0.39 is 30.4 Å². The zero-order valence-corrected chi connectivity index (χ0v) is 34.4. The van der Waals surface area contributed by atoms with Crippen molar-refractivity contribution in [2.75, 3.05) is 34.4 Å². The predicted molar refractivity (Wildman–Crippen MR) is 224 cm³/mol. The Labute approximate surface area is 344 Å². The molecule has 2 aliphatic heterocycles. The average Bonchev–Trinajstić information content (AvgIpc) is 4.10. The summed E-state index contributed by atoms with van der Waals surface area (Å²) in [5.41, 5.74) is 6.98. The van der Waals surface area contributed by atoms with Gasteiger partial charge in [0.1, 0.15) is 17.9 Å². The highest BCUT2D eigenvalue weighted by Gasteiger charge is 2.39.